The Hall–Kier alpha value is -1.36. The lowest BCUT2D eigenvalue weighted by Gasteiger charge is -2.11. The van der Waals surface area contributed by atoms with Gasteiger partial charge in [-0.1, -0.05) is 22.9 Å². The van der Waals surface area contributed by atoms with E-state index < -0.39 is 11.8 Å². The molecule has 0 aliphatic carbocycles. The van der Waals surface area contributed by atoms with Gasteiger partial charge in [-0.05, 0) is 37.6 Å². The minimum atomic E-state index is -0.646. The molecule has 2 amide bonds. The van der Waals surface area contributed by atoms with Crippen molar-refractivity contribution < 1.29 is 9.59 Å². The second-order valence-electron chi connectivity index (χ2n) is 3.74. The van der Waals surface area contributed by atoms with Crippen LogP contribution in [0.2, 0.25) is 0 Å². The van der Waals surface area contributed by atoms with Crippen LogP contribution in [-0.2, 0) is 9.59 Å². The molecular formula is C12H15BrN2O2. The Morgan fingerprint density at radius 3 is 2.35 bits per heavy atom. The Balaban J connectivity index is 2.54. The zero-order chi connectivity index (χ0) is 12.8. The summed E-state index contributed by atoms with van der Waals surface area (Å²) in [7, 11) is 0. The van der Waals surface area contributed by atoms with Crippen LogP contribution in [0, 0.1) is 0 Å². The molecule has 1 rings (SSSR count). The van der Waals surface area contributed by atoms with Crippen molar-refractivity contribution in [2.24, 2.45) is 0 Å². The average molecular weight is 299 g/mol. The molecule has 0 saturated heterocycles. The quantitative estimate of drug-likeness (QED) is 0.841. The lowest BCUT2D eigenvalue weighted by Crippen LogP contribution is -2.40. The van der Waals surface area contributed by atoms with E-state index in [4.69, 9.17) is 0 Å². The summed E-state index contributed by atoms with van der Waals surface area (Å²) in [5, 5.41) is 5.13. The van der Waals surface area contributed by atoms with Gasteiger partial charge >= 0.3 is 11.8 Å². The normalized spacial score (nSPS) is 11.7. The highest BCUT2D eigenvalue weighted by molar-refractivity contribution is 9.10. The maximum atomic E-state index is 11.5. The molecule has 17 heavy (non-hydrogen) atoms. The zero-order valence-electron chi connectivity index (χ0n) is 9.79. The van der Waals surface area contributed by atoms with E-state index >= 15 is 0 Å². The van der Waals surface area contributed by atoms with E-state index in [1.165, 1.54) is 0 Å². The fourth-order valence-electron chi connectivity index (χ4n) is 1.11. The van der Waals surface area contributed by atoms with Crippen LogP contribution < -0.4 is 10.6 Å². The predicted octanol–water partition coefficient (Wildman–Crippen LogP) is 2.30. The fraction of sp³-hybridized carbons (Fsp3) is 0.333. The Morgan fingerprint density at radius 2 is 1.82 bits per heavy atom. The van der Waals surface area contributed by atoms with Gasteiger partial charge in [0.15, 0.2) is 0 Å². The van der Waals surface area contributed by atoms with E-state index in [-0.39, 0.29) is 6.04 Å². The highest BCUT2D eigenvalue weighted by Crippen LogP contribution is 2.13. The molecule has 0 aromatic heterocycles. The van der Waals surface area contributed by atoms with Gasteiger partial charge in [-0.3, -0.25) is 9.59 Å². The Labute approximate surface area is 109 Å². The first-order valence-electron chi connectivity index (χ1n) is 5.40. The van der Waals surface area contributed by atoms with Gasteiger partial charge in [-0.15, -0.1) is 0 Å². The zero-order valence-corrected chi connectivity index (χ0v) is 11.4. The lowest BCUT2D eigenvalue weighted by atomic mass is 10.2. The molecule has 0 saturated carbocycles. The topological polar surface area (TPSA) is 58.2 Å². The van der Waals surface area contributed by atoms with E-state index in [1.54, 1.807) is 24.3 Å². The highest BCUT2D eigenvalue weighted by Gasteiger charge is 2.15. The maximum Gasteiger partial charge on any atom is 0.313 e. The van der Waals surface area contributed by atoms with Gasteiger partial charge in [0.2, 0.25) is 0 Å². The number of nitrogens with one attached hydrogen (secondary N) is 2. The first-order chi connectivity index (χ1) is 8.02. The summed E-state index contributed by atoms with van der Waals surface area (Å²) >= 11 is 3.29. The standard InChI is InChI=1S/C12H15BrN2O2/c1-3-8(2)14-11(16)12(17)15-10-6-4-9(13)5-7-10/h4-8H,3H2,1-2H3,(H,14,16)(H,15,17). The van der Waals surface area contributed by atoms with Crippen molar-refractivity contribution in [3.63, 3.8) is 0 Å². The predicted molar refractivity (Wildman–Crippen MR) is 70.7 cm³/mol. The van der Waals surface area contributed by atoms with Crippen LogP contribution in [0.1, 0.15) is 20.3 Å². The number of carbonyl (C=O) groups is 2. The summed E-state index contributed by atoms with van der Waals surface area (Å²) in [5.74, 6) is -1.25. The average Bonchev–Trinajstić information content (AvgIpc) is 2.31. The molecule has 0 spiro atoms. The molecule has 0 heterocycles. The number of hydrogen-bond acceptors (Lipinski definition) is 2. The van der Waals surface area contributed by atoms with Crippen molar-refractivity contribution in [3.8, 4) is 0 Å². The van der Waals surface area contributed by atoms with Crippen LogP contribution >= 0.6 is 15.9 Å². The molecule has 1 aromatic rings. The minimum absolute atomic E-state index is 0.00170. The molecule has 0 radical (unpaired) electrons. The molecule has 1 atom stereocenters. The molecule has 0 fully saturated rings. The second kappa shape index (κ2) is 6.39. The fourth-order valence-corrected chi connectivity index (χ4v) is 1.38. The first-order valence-corrected chi connectivity index (χ1v) is 6.19. The minimum Gasteiger partial charge on any atom is -0.345 e. The maximum absolute atomic E-state index is 11.5. The summed E-state index contributed by atoms with van der Waals surface area (Å²) in [6.45, 7) is 3.79. The highest BCUT2D eigenvalue weighted by atomic mass is 79.9. The number of benzene rings is 1. The van der Waals surface area contributed by atoms with Gasteiger partial charge in [0.05, 0.1) is 0 Å². The molecule has 2 N–H and O–H groups in total. The Bertz CT molecular complexity index is 403. The number of carbonyl (C=O) groups excluding carboxylic acids is 2. The van der Waals surface area contributed by atoms with Crippen LogP contribution in [0.4, 0.5) is 5.69 Å². The summed E-state index contributed by atoms with van der Waals surface area (Å²) in [4.78, 5) is 23.0. The number of anilines is 1. The van der Waals surface area contributed by atoms with E-state index in [2.05, 4.69) is 26.6 Å². The van der Waals surface area contributed by atoms with Gasteiger partial charge in [0.1, 0.15) is 0 Å². The molecule has 0 aliphatic rings. The van der Waals surface area contributed by atoms with Gasteiger partial charge in [-0.2, -0.15) is 0 Å². The van der Waals surface area contributed by atoms with Crippen LogP contribution in [0.5, 0.6) is 0 Å². The van der Waals surface area contributed by atoms with Crippen molar-refractivity contribution in [1.82, 2.24) is 5.32 Å². The molecule has 4 nitrogen and oxygen atoms in total. The number of amides is 2. The van der Waals surface area contributed by atoms with Crippen molar-refractivity contribution in [3.05, 3.63) is 28.7 Å². The SMILES string of the molecule is CCC(C)NC(=O)C(=O)Nc1ccc(Br)cc1. The van der Waals surface area contributed by atoms with E-state index in [0.717, 1.165) is 10.9 Å². The number of halogens is 1. The van der Waals surface area contributed by atoms with Crippen molar-refractivity contribution in [2.45, 2.75) is 26.3 Å². The molecule has 5 heteroatoms. The van der Waals surface area contributed by atoms with Crippen molar-refractivity contribution in [2.75, 3.05) is 5.32 Å². The van der Waals surface area contributed by atoms with Crippen LogP contribution in [0.3, 0.4) is 0 Å². The summed E-state index contributed by atoms with van der Waals surface area (Å²) in [6.07, 6.45) is 0.789. The molecule has 0 bridgehead atoms. The van der Waals surface area contributed by atoms with Crippen LogP contribution in [-0.4, -0.2) is 17.9 Å². The molecule has 1 aromatic carbocycles. The van der Waals surface area contributed by atoms with E-state index in [1.807, 2.05) is 13.8 Å². The largest absolute Gasteiger partial charge is 0.345 e. The third-order valence-corrected chi connectivity index (χ3v) is 2.83. The van der Waals surface area contributed by atoms with Gasteiger partial charge in [-0.25, -0.2) is 0 Å². The first kappa shape index (κ1) is 13.7. The van der Waals surface area contributed by atoms with Gasteiger partial charge < -0.3 is 10.6 Å². The van der Waals surface area contributed by atoms with Crippen LogP contribution in [0.15, 0.2) is 28.7 Å². The summed E-state index contributed by atoms with van der Waals surface area (Å²) in [6, 6.07) is 7.03. The lowest BCUT2D eigenvalue weighted by molar-refractivity contribution is -0.136. The van der Waals surface area contributed by atoms with Gasteiger partial charge in [0, 0.05) is 16.2 Å². The summed E-state index contributed by atoms with van der Waals surface area (Å²) < 4.78 is 0.916. The summed E-state index contributed by atoms with van der Waals surface area (Å²) in [5.41, 5.74) is 0.595. The third-order valence-electron chi connectivity index (χ3n) is 2.30. The van der Waals surface area contributed by atoms with Crippen LogP contribution in [0.25, 0.3) is 0 Å². The molecule has 0 aliphatic heterocycles. The van der Waals surface area contributed by atoms with Gasteiger partial charge in [0.25, 0.3) is 0 Å². The van der Waals surface area contributed by atoms with E-state index in [0.29, 0.717) is 5.69 Å². The van der Waals surface area contributed by atoms with Crippen molar-refractivity contribution in [1.29, 1.82) is 0 Å². The Kier molecular flexibility index (Phi) is 5.15. The Morgan fingerprint density at radius 1 is 1.24 bits per heavy atom. The van der Waals surface area contributed by atoms with Crippen molar-refractivity contribution >= 4 is 33.4 Å². The van der Waals surface area contributed by atoms with E-state index in [9.17, 15) is 9.59 Å². The molecule has 1 unspecified atom stereocenters. The number of hydrogen-bond donors (Lipinski definition) is 2. The second-order valence-corrected chi connectivity index (χ2v) is 4.66. The monoisotopic (exact) mass is 298 g/mol. The molecule has 92 valence electrons. The third kappa shape index (κ3) is 4.56. The molecular weight excluding hydrogens is 284 g/mol. The number of rotatable bonds is 3. The smallest absolute Gasteiger partial charge is 0.313 e.